The molecule has 0 spiro atoms. The van der Waals surface area contributed by atoms with E-state index < -0.39 is 78.4 Å². The van der Waals surface area contributed by atoms with E-state index in [9.17, 15) is 28.8 Å². The fraction of sp³-hybridized carbons (Fsp3) is 0.590. The Morgan fingerprint density at radius 2 is 1.29 bits per heavy atom. The number of carboxylic acid groups (broad SMARTS) is 2. The van der Waals surface area contributed by atoms with Crippen molar-refractivity contribution in [3.63, 3.8) is 0 Å². The Labute approximate surface area is 301 Å². The van der Waals surface area contributed by atoms with Crippen LogP contribution in [0.3, 0.4) is 0 Å². The third-order valence-electron chi connectivity index (χ3n) is 8.97. The van der Waals surface area contributed by atoms with E-state index in [1.54, 1.807) is 39.8 Å². The van der Waals surface area contributed by atoms with Crippen molar-refractivity contribution in [1.29, 1.82) is 0 Å². The third-order valence-corrected chi connectivity index (χ3v) is 8.97. The lowest BCUT2D eigenvalue weighted by atomic mass is 9.73. The summed E-state index contributed by atoms with van der Waals surface area (Å²) >= 11 is 0. The Kier molecular flexibility index (Phi) is 17.1. The first-order chi connectivity index (χ1) is 23.9. The molecule has 12 heteroatoms. The highest BCUT2D eigenvalue weighted by Crippen LogP contribution is 2.47. The molecule has 1 aromatic carbocycles. The van der Waals surface area contributed by atoms with Crippen LogP contribution in [0.2, 0.25) is 0 Å². The highest BCUT2D eigenvalue weighted by molar-refractivity contribution is 5.89. The second kappa shape index (κ2) is 20.4. The summed E-state index contributed by atoms with van der Waals surface area (Å²) in [6, 6.07) is 1.34. The zero-order valence-corrected chi connectivity index (χ0v) is 31.1. The summed E-state index contributed by atoms with van der Waals surface area (Å²) in [5.41, 5.74) is 3.18. The summed E-state index contributed by atoms with van der Waals surface area (Å²) < 4.78 is 12.3. The molecule has 51 heavy (non-hydrogen) atoms. The maximum absolute atomic E-state index is 13.9. The molecular formula is C39H56N2O10. The lowest BCUT2D eigenvalue weighted by molar-refractivity contribution is -0.141. The molecule has 0 radical (unpaired) electrons. The first-order valence-corrected chi connectivity index (χ1v) is 17.9. The molecule has 0 bridgehead atoms. The zero-order valence-electron chi connectivity index (χ0n) is 31.1. The van der Waals surface area contributed by atoms with Gasteiger partial charge in [0, 0.05) is 24.3 Å². The van der Waals surface area contributed by atoms with Crippen LogP contribution in [-0.2, 0) is 35.2 Å². The van der Waals surface area contributed by atoms with Crippen molar-refractivity contribution in [2.75, 3.05) is 0 Å². The number of hydrogen-bond acceptors (Lipinski definition) is 8. The molecule has 2 unspecified atom stereocenters. The van der Waals surface area contributed by atoms with E-state index in [0.29, 0.717) is 12.0 Å². The molecule has 0 saturated carbocycles. The summed E-state index contributed by atoms with van der Waals surface area (Å²) in [6.45, 7) is 17.2. The van der Waals surface area contributed by atoms with E-state index in [1.807, 2.05) is 13.8 Å². The van der Waals surface area contributed by atoms with Gasteiger partial charge >= 0.3 is 23.9 Å². The lowest BCUT2D eigenvalue weighted by Crippen LogP contribution is -2.47. The summed E-state index contributed by atoms with van der Waals surface area (Å²) in [6.07, 6.45) is 5.54. The Morgan fingerprint density at radius 1 is 0.824 bits per heavy atom. The maximum atomic E-state index is 13.9. The summed E-state index contributed by atoms with van der Waals surface area (Å²) in [5.74, 6) is -5.98. The number of carboxylic acids is 2. The number of esters is 2. The number of unbranched alkanes of at least 4 members (excludes halogenated alkanes) is 2. The zero-order chi connectivity index (χ0) is 38.4. The average Bonchev–Trinajstić information content (AvgIpc) is 3.03. The quantitative estimate of drug-likeness (QED) is 0.0521. The van der Waals surface area contributed by atoms with Gasteiger partial charge in [-0.1, -0.05) is 71.3 Å². The van der Waals surface area contributed by atoms with Crippen molar-refractivity contribution >= 4 is 35.7 Å². The molecule has 1 aliphatic rings. The first kappa shape index (κ1) is 42.7. The summed E-state index contributed by atoms with van der Waals surface area (Å²) in [7, 11) is 0. The van der Waals surface area contributed by atoms with Gasteiger partial charge in [0.05, 0.1) is 12.8 Å². The topological polar surface area (TPSA) is 185 Å². The van der Waals surface area contributed by atoms with E-state index >= 15 is 0 Å². The van der Waals surface area contributed by atoms with Crippen LogP contribution in [-0.4, -0.2) is 58.0 Å². The predicted molar refractivity (Wildman–Crippen MR) is 192 cm³/mol. The van der Waals surface area contributed by atoms with Crippen LogP contribution in [0.25, 0.3) is 0 Å². The second-order valence-electron chi connectivity index (χ2n) is 14.2. The van der Waals surface area contributed by atoms with Crippen LogP contribution in [0, 0.1) is 17.8 Å². The average molecular weight is 713 g/mol. The van der Waals surface area contributed by atoms with E-state index in [0.717, 1.165) is 48.8 Å². The summed E-state index contributed by atoms with van der Waals surface area (Å²) in [5, 5.41) is 23.3. The minimum absolute atomic E-state index is 0.0946. The third kappa shape index (κ3) is 13.6. The number of benzene rings is 1. The van der Waals surface area contributed by atoms with Gasteiger partial charge in [0.2, 0.25) is 11.8 Å². The minimum Gasteiger partial charge on any atom is -0.481 e. The van der Waals surface area contributed by atoms with Gasteiger partial charge in [-0.25, -0.2) is 9.59 Å². The van der Waals surface area contributed by atoms with E-state index in [4.69, 9.17) is 19.7 Å². The molecule has 0 saturated heterocycles. The van der Waals surface area contributed by atoms with Gasteiger partial charge in [0.15, 0.2) is 0 Å². The molecule has 282 valence electrons. The van der Waals surface area contributed by atoms with Gasteiger partial charge in [-0.15, -0.1) is 0 Å². The number of carbonyl (C=O) groups excluding carboxylic acids is 4. The number of aliphatic carboxylic acids is 2. The molecule has 0 fully saturated rings. The van der Waals surface area contributed by atoms with Gasteiger partial charge in [0.1, 0.15) is 23.6 Å². The van der Waals surface area contributed by atoms with E-state index in [2.05, 4.69) is 30.2 Å². The molecule has 0 heterocycles. The van der Waals surface area contributed by atoms with Gasteiger partial charge in [-0.05, 0) is 75.0 Å². The van der Waals surface area contributed by atoms with E-state index in [1.165, 1.54) is 0 Å². The van der Waals surface area contributed by atoms with Crippen LogP contribution in [0.5, 0.6) is 11.5 Å². The summed E-state index contributed by atoms with van der Waals surface area (Å²) in [4.78, 5) is 75.1. The molecule has 0 aromatic heterocycles. The van der Waals surface area contributed by atoms with Crippen LogP contribution in [0.1, 0.15) is 123 Å². The Balaban J connectivity index is 2.74. The molecule has 1 aromatic rings. The van der Waals surface area contributed by atoms with Crippen LogP contribution >= 0.6 is 0 Å². The Morgan fingerprint density at radius 3 is 1.69 bits per heavy atom. The Bertz CT molecular complexity index is 1400. The van der Waals surface area contributed by atoms with Crippen molar-refractivity contribution in [3.05, 3.63) is 47.1 Å². The smallest absolute Gasteiger partial charge is 0.334 e. The van der Waals surface area contributed by atoms with Gasteiger partial charge in [0.25, 0.3) is 0 Å². The molecular weight excluding hydrogens is 656 g/mol. The van der Waals surface area contributed by atoms with E-state index in [-0.39, 0.29) is 30.3 Å². The van der Waals surface area contributed by atoms with Crippen molar-refractivity contribution in [1.82, 2.24) is 10.6 Å². The number of amides is 2. The first-order valence-electron chi connectivity index (χ1n) is 17.9. The SMILES string of the molecule is C=C(C)C1CCC(C)=CC1c1c(OC(=O)[C@@H](NC(=O)CCC(=O)O)C(C)C)cc(CCCCC)cc1OC(=O)[C@@H](NC(=O)CCC(=O)O)C(C)C. The molecule has 12 nitrogen and oxygen atoms in total. The van der Waals surface area contributed by atoms with Crippen LogP contribution in [0.15, 0.2) is 35.9 Å². The number of allylic oxidation sites excluding steroid dienone is 3. The highest BCUT2D eigenvalue weighted by Gasteiger charge is 2.35. The van der Waals surface area contributed by atoms with Crippen molar-refractivity contribution in [3.8, 4) is 11.5 Å². The number of hydrogen-bond donors (Lipinski definition) is 4. The van der Waals surface area contributed by atoms with Gasteiger partial charge < -0.3 is 30.3 Å². The maximum Gasteiger partial charge on any atom is 0.334 e. The van der Waals surface area contributed by atoms with Crippen LogP contribution < -0.4 is 20.1 Å². The fourth-order valence-electron chi connectivity index (χ4n) is 6.05. The predicted octanol–water partition coefficient (Wildman–Crippen LogP) is 6.26. The molecule has 4 atom stereocenters. The molecule has 2 amide bonds. The molecule has 1 aliphatic carbocycles. The van der Waals surface area contributed by atoms with Gasteiger partial charge in [-0.3, -0.25) is 19.2 Å². The monoisotopic (exact) mass is 712 g/mol. The normalized spacial score (nSPS) is 16.8. The lowest BCUT2D eigenvalue weighted by Gasteiger charge is -2.33. The fourth-order valence-corrected chi connectivity index (χ4v) is 6.05. The van der Waals surface area contributed by atoms with Crippen molar-refractivity contribution in [2.24, 2.45) is 17.8 Å². The second-order valence-corrected chi connectivity index (χ2v) is 14.2. The van der Waals surface area contributed by atoms with Gasteiger partial charge in [-0.2, -0.15) is 0 Å². The highest BCUT2D eigenvalue weighted by atomic mass is 16.5. The molecule has 0 aliphatic heterocycles. The molecule has 2 rings (SSSR count). The largest absolute Gasteiger partial charge is 0.481 e. The molecule has 4 N–H and O–H groups in total. The van der Waals surface area contributed by atoms with Crippen molar-refractivity contribution < 1.29 is 48.5 Å². The van der Waals surface area contributed by atoms with Crippen LogP contribution in [0.4, 0.5) is 0 Å². The Hall–Kier alpha value is -4.48. The number of nitrogens with one attached hydrogen (secondary N) is 2. The number of ether oxygens (including phenoxy) is 2. The standard InChI is InChI=1S/C39H56N2O10/c1-9-10-11-12-26-20-29(50-38(48)36(23(4)5)40-31(42)15-17-33(44)45)35(28-19-25(8)13-14-27(28)22(2)3)30(21-26)51-39(49)37(24(6)7)41-32(43)16-18-34(46)47/h19-21,23-24,27-28,36-37H,2,9-18H2,1,3-8H3,(H,40,42)(H,41,43)(H,44,45)(H,46,47)/t27?,28?,36-,37-/m0/s1. The number of rotatable bonds is 20. The number of aryl methyl sites for hydroxylation is 1. The van der Waals surface area contributed by atoms with Crippen molar-refractivity contribution in [2.45, 2.75) is 131 Å². The minimum atomic E-state index is -1.14. The number of carbonyl (C=O) groups is 6.